The number of aryl methyl sites for hydroxylation is 2. The molecule has 2 N–H and O–H groups in total. The van der Waals surface area contributed by atoms with Gasteiger partial charge in [-0.05, 0) is 39.2 Å². The summed E-state index contributed by atoms with van der Waals surface area (Å²) >= 11 is 0. The van der Waals surface area contributed by atoms with Gasteiger partial charge in [-0.25, -0.2) is 9.97 Å². The predicted molar refractivity (Wildman–Crippen MR) is 60.6 cm³/mol. The summed E-state index contributed by atoms with van der Waals surface area (Å²) in [5.74, 6) is 0.848. The normalized spacial score (nSPS) is 19.5. The second kappa shape index (κ2) is 3.56. The maximum Gasteiger partial charge on any atom is 0.148 e. The Morgan fingerprint density at radius 1 is 1.00 bits per heavy atom. The maximum atomic E-state index is 6.34. The molecule has 1 aliphatic rings. The molecule has 0 aliphatic heterocycles. The lowest BCUT2D eigenvalue weighted by molar-refractivity contribution is 0.428. The molecule has 1 aromatic rings. The van der Waals surface area contributed by atoms with Crippen LogP contribution in [0, 0.1) is 20.8 Å². The third-order valence-corrected chi connectivity index (χ3v) is 3.57. The lowest BCUT2D eigenvalue weighted by Gasteiger charge is -2.23. The van der Waals surface area contributed by atoms with Gasteiger partial charge in [-0.2, -0.15) is 0 Å². The molecule has 3 nitrogen and oxygen atoms in total. The van der Waals surface area contributed by atoms with Crippen LogP contribution in [0.2, 0.25) is 0 Å². The van der Waals surface area contributed by atoms with Gasteiger partial charge in [0, 0.05) is 11.4 Å². The molecule has 0 aromatic carbocycles. The smallest absolute Gasteiger partial charge is 0.148 e. The highest BCUT2D eigenvalue weighted by Crippen LogP contribution is 2.34. The van der Waals surface area contributed by atoms with Gasteiger partial charge in [0.05, 0.1) is 5.54 Å². The summed E-state index contributed by atoms with van der Waals surface area (Å²) in [4.78, 5) is 9.10. The van der Waals surface area contributed by atoms with Gasteiger partial charge in [0.1, 0.15) is 5.82 Å². The Balaban J connectivity index is 2.45. The van der Waals surface area contributed by atoms with E-state index in [-0.39, 0.29) is 5.54 Å². The summed E-state index contributed by atoms with van der Waals surface area (Å²) in [5, 5.41) is 0. The molecule has 15 heavy (non-hydrogen) atoms. The largest absolute Gasteiger partial charge is 0.319 e. The third-order valence-electron chi connectivity index (χ3n) is 3.57. The average Bonchev–Trinajstić information content (AvgIpc) is 2.62. The molecule has 1 saturated carbocycles. The van der Waals surface area contributed by atoms with Crippen molar-refractivity contribution in [3.8, 4) is 0 Å². The average molecular weight is 205 g/mol. The van der Waals surface area contributed by atoms with Crippen molar-refractivity contribution in [3.63, 3.8) is 0 Å². The van der Waals surface area contributed by atoms with E-state index in [1.54, 1.807) is 0 Å². The number of aromatic nitrogens is 2. The Labute approximate surface area is 91.1 Å². The van der Waals surface area contributed by atoms with Crippen LogP contribution < -0.4 is 5.73 Å². The van der Waals surface area contributed by atoms with Crippen molar-refractivity contribution in [2.45, 2.75) is 52.0 Å². The molecule has 0 saturated heterocycles. The first-order valence-corrected chi connectivity index (χ1v) is 5.64. The van der Waals surface area contributed by atoms with Crippen LogP contribution in [0.3, 0.4) is 0 Å². The molecule has 0 spiro atoms. The highest BCUT2D eigenvalue weighted by Gasteiger charge is 2.34. The fourth-order valence-electron chi connectivity index (χ4n) is 2.22. The zero-order valence-corrected chi connectivity index (χ0v) is 9.80. The van der Waals surface area contributed by atoms with Gasteiger partial charge >= 0.3 is 0 Å². The fourth-order valence-corrected chi connectivity index (χ4v) is 2.22. The van der Waals surface area contributed by atoms with Crippen molar-refractivity contribution in [1.82, 2.24) is 9.97 Å². The Bertz CT molecular complexity index is 355. The molecule has 0 atom stereocenters. The minimum atomic E-state index is -0.261. The van der Waals surface area contributed by atoms with Crippen LogP contribution in [0.1, 0.15) is 48.5 Å². The number of nitrogens with zero attached hydrogens (tertiary/aromatic N) is 2. The summed E-state index contributed by atoms with van der Waals surface area (Å²) in [7, 11) is 0. The van der Waals surface area contributed by atoms with Crippen molar-refractivity contribution < 1.29 is 0 Å². The zero-order valence-electron chi connectivity index (χ0n) is 9.80. The van der Waals surface area contributed by atoms with Gasteiger partial charge in [-0.1, -0.05) is 12.8 Å². The highest BCUT2D eigenvalue weighted by atomic mass is 15.0. The van der Waals surface area contributed by atoms with Crippen LogP contribution in [0.25, 0.3) is 0 Å². The Morgan fingerprint density at radius 3 is 1.93 bits per heavy atom. The standard InChI is InChI=1S/C12H19N3/c1-8-9(2)14-11(15-10(8)3)12(13)6-4-5-7-12/h4-7,13H2,1-3H3. The molecule has 1 fully saturated rings. The van der Waals surface area contributed by atoms with Gasteiger partial charge in [-0.15, -0.1) is 0 Å². The topological polar surface area (TPSA) is 51.8 Å². The van der Waals surface area contributed by atoms with Crippen LogP contribution in [0.4, 0.5) is 0 Å². The van der Waals surface area contributed by atoms with Crippen LogP contribution in [-0.4, -0.2) is 9.97 Å². The van der Waals surface area contributed by atoms with Gasteiger partial charge in [0.2, 0.25) is 0 Å². The van der Waals surface area contributed by atoms with Crippen LogP contribution in [-0.2, 0) is 5.54 Å². The van der Waals surface area contributed by atoms with E-state index in [0.29, 0.717) is 0 Å². The van der Waals surface area contributed by atoms with Gasteiger partial charge < -0.3 is 5.73 Å². The molecule has 0 unspecified atom stereocenters. The van der Waals surface area contributed by atoms with E-state index in [4.69, 9.17) is 5.73 Å². The molecule has 0 amide bonds. The molecule has 1 aromatic heterocycles. The maximum absolute atomic E-state index is 6.34. The lowest BCUT2D eigenvalue weighted by atomic mass is 9.97. The third kappa shape index (κ3) is 1.76. The van der Waals surface area contributed by atoms with E-state index >= 15 is 0 Å². The summed E-state index contributed by atoms with van der Waals surface area (Å²) in [6.45, 7) is 6.13. The Hall–Kier alpha value is -0.960. The second-order valence-electron chi connectivity index (χ2n) is 4.71. The summed E-state index contributed by atoms with van der Waals surface area (Å²) in [5.41, 5.74) is 9.39. The first-order valence-electron chi connectivity index (χ1n) is 5.64. The molecule has 3 heteroatoms. The number of nitrogens with two attached hydrogens (primary N) is 1. The van der Waals surface area contributed by atoms with Crippen molar-refractivity contribution in [3.05, 3.63) is 22.8 Å². The molecule has 0 radical (unpaired) electrons. The monoisotopic (exact) mass is 205 g/mol. The molecule has 1 heterocycles. The molecule has 1 aliphatic carbocycles. The molecular formula is C12H19N3. The number of hydrogen-bond acceptors (Lipinski definition) is 3. The van der Waals surface area contributed by atoms with Crippen LogP contribution in [0.5, 0.6) is 0 Å². The Morgan fingerprint density at radius 2 is 1.47 bits per heavy atom. The molecule has 82 valence electrons. The van der Waals surface area contributed by atoms with Gasteiger partial charge in [0.15, 0.2) is 0 Å². The zero-order chi connectivity index (χ0) is 11.1. The van der Waals surface area contributed by atoms with Crippen LogP contribution >= 0.6 is 0 Å². The van der Waals surface area contributed by atoms with E-state index in [2.05, 4.69) is 16.9 Å². The minimum absolute atomic E-state index is 0.261. The van der Waals surface area contributed by atoms with E-state index in [1.165, 1.54) is 18.4 Å². The summed E-state index contributed by atoms with van der Waals surface area (Å²) < 4.78 is 0. The van der Waals surface area contributed by atoms with Crippen molar-refractivity contribution in [2.75, 3.05) is 0 Å². The van der Waals surface area contributed by atoms with Crippen molar-refractivity contribution in [1.29, 1.82) is 0 Å². The van der Waals surface area contributed by atoms with Crippen LogP contribution in [0.15, 0.2) is 0 Å². The fraction of sp³-hybridized carbons (Fsp3) is 0.667. The van der Waals surface area contributed by atoms with E-state index in [0.717, 1.165) is 30.1 Å². The van der Waals surface area contributed by atoms with Crippen molar-refractivity contribution in [2.24, 2.45) is 5.73 Å². The molecule has 0 bridgehead atoms. The Kier molecular flexibility index (Phi) is 2.51. The highest BCUT2D eigenvalue weighted by molar-refractivity contribution is 5.24. The van der Waals surface area contributed by atoms with E-state index in [9.17, 15) is 0 Å². The summed E-state index contributed by atoms with van der Waals surface area (Å²) in [6, 6.07) is 0. The molecular weight excluding hydrogens is 186 g/mol. The van der Waals surface area contributed by atoms with E-state index < -0.39 is 0 Å². The summed E-state index contributed by atoms with van der Waals surface area (Å²) in [6.07, 6.45) is 4.45. The SMILES string of the molecule is Cc1nc(C2(N)CCCC2)nc(C)c1C. The van der Waals surface area contributed by atoms with Crippen molar-refractivity contribution >= 4 is 0 Å². The molecule has 2 rings (SSSR count). The lowest BCUT2D eigenvalue weighted by Crippen LogP contribution is -2.35. The van der Waals surface area contributed by atoms with Gasteiger partial charge in [-0.3, -0.25) is 0 Å². The predicted octanol–water partition coefficient (Wildman–Crippen LogP) is 2.13. The van der Waals surface area contributed by atoms with E-state index in [1.807, 2.05) is 13.8 Å². The minimum Gasteiger partial charge on any atom is -0.319 e. The first kappa shape index (κ1) is 10.6. The quantitative estimate of drug-likeness (QED) is 0.764. The first-order chi connectivity index (χ1) is 7.03. The number of hydrogen-bond donors (Lipinski definition) is 1. The second-order valence-corrected chi connectivity index (χ2v) is 4.71. The number of rotatable bonds is 1. The van der Waals surface area contributed by atoms with Gasteiger partial charge in [0.25, 0.3) is 0 Å².